The van der Waals surface area contributed by atoms with Gasteiger partial charge < -0.3 is 17.3 Å². The molecule has 142 valence electrons. The van der Waals surface area contributed by atoms with Gasteiger partial charge in [0.05, 0.1) is 0 Å². The second kappa shape index (κ2) is 9.34. The molecular weight excluding hydrogens is 415 g/mol. The minimum atomic E-state index is -1.63. The zero-order valence-corrected chi connectivity index (χ0v) is 20.0. The molecule has 26 heavy (non-hydrogen) atoms. The van der Waals surface area contributed by atoms with Crippen molar-refractivity contribution in [2.75, 3.05) is 0 Å². The molecule has 4 unspecified atom stereocenters. The minimum absolute atomic E-state index is 0. The Balaban J connectivity index is 0.000000570. The summed E-state index contributed by atoms with van der Waals surface area (Å²) in [6.45, 7) is 7.31. The van der Waals surface area contributed by atoms with E-state index in [2.05, 4.69) is 84.7 Å². The maximum absolute atomic E-state index is 4.89. The van der Waals surface area contributed by atoms with Crippen LogP contribution in [0, 0.1) is 31.1 Å². The van der Waals surface area contributed by atoms with Crippen LogP contribution >= 0.6 is 18.6 Å². The van der Waals surface area contributed by atoms with Gasteiger partial charge in [0.1, 0.15) is 0 Å². The van der Waals surface area contributed by atoms with Crippen LogP contribution in [0.2, 0.25) is 18.6 Å². The van der Waals surface area contributed by atoms with E-state index in [0.29, 0.717) is 29.8 Å². The van der Waals surface area contributed by atoms with E-state index in [-0.39, 0.29) is 7.43 Å². The molecule has 0 amide bonds. The zero-order chi connectivity index (χ0) is 18.0. The topological polar surface area (TPSA) is 17.3 Å². The molecule has 1 saturated carbocycles. The third kappa shape index (κ3) is 3.98. The molecule has 0 bridgehead atoms. The summed E-state index contributed by atoms with van der Waals surface area (Å²) in [7, 11) is 8.14. The Labute approximate surface area is 176 Å². The summed E-state index contributed by atoms with van der Waals surface area (Å²) < 4.78 is 2.59. The van der Waals surface area contributed by atoms with E-state index in [4.69, 9.17) is 18.6 Å². The van der Waals surface area contributed by atoms with Crippen LogP contribution in [0.1, 0.15) is 6.92 Å². The van der Waals surface area contributed by atoms with Crippen molar-refractivity contribution >= 4 is 26.8 Å². The van der Waals surface area contributed by atoms with E-state index in [1.807, 2.05) is 6.20 Å². The van der Waals surface area contributed by atoms with Gasteiger partial charge in [0.25, 0.3) is 0 Å². The third-order valence-electron chi connectivity index (χ3n) is 6.13. The van der Waals surface area contributed by atoms with Crippen LogP contribution in [0.5, 0.6) is 0 Å². The summed E-state index contributed by atoms with van der Waals surface area (Å²) >= 11 is -0.556. The Morgan fingerprint density at radius 2 is 1.31 bits per heavy atom. The van der Waals surface area contributed by atoms with Gasteiger partial charge in [-0.1, -0.05) is 74.8 Å². The molecule has 1 heterocycles. The second-order valence-electron chi connectivity index (χ2n) is 7.59. The number of halogens is 2. The van der Waals surface area contributed by atoms with Crippen LogP contribution in [0.3, 0.4) is 0 Å². The van der Waals surface area contributed by atoms with Crippen LogP contribution < -0.4 is 0 Å². The van der Waals surface area contributed by atoms with Crippen molar-refractivity contribution in [3.05, 3.63) is 73.8 Å². The van der Waals surface area contributed by atoms with Crippen molar-refractivity contribution in [2.24, 2.45) is 23.7 Å². The fourth-order valence-corrected chi connectivity index (χ4v) is 9.62. The van der Waals surface area contributed by atoms with Crippen molar-refractivity contribution < 1.29 is 17.0 Å². The Morgan fingerprint density at radius 1 is 0.885 bits per heavy atom. The molecule has 2 nitrogen and oxygen atoms in total. The van der Waals surface area contributed by atoms with Crippen molar-refractivity contribution in [2.45, 2.75) is 31.7 Å². The molecule has 0 aromatic rings. The fourth-order valence-electron chi connectivity index (χ4n) is 5.25. The first kappa shape index (κ1) is 22.1. The van der Waals surface area contributed by atoms with Gasteiger partial charge in [0.2, 0.25) is 0 Å². The van der Waals surface area contributed by atoms with Crippen LogP contribution in [-0.2, 0) is 17.0 Å². The van der Waals surface area contributed by atoms with Crippen molar-refractivity contribution in [3.8, 4) is 0 Å². The Bertz CT molecular complexity index is 595. The SMILES string of the molecule is C[C@H]1[N-]C=CN1[Si](C)(C)C1C2C=CC=CC2C2C=CC=CC21.[CH3-].[Cl][Ti][Cl]. The molecule has 0 aromatic carbocycles. The first-order chi connectivity index (χ1) is 12.0. The Kier molecular flexibility index (Phi) is 7.94. The Morgan fingerprint density at radius 3 is 1.69 bits per heavy atom. The first-order valence-corrected chi connectivity index (χ1v) is 16.2. The van der Waals surface area contributed by atoms with E-state index in [1.54, 1.807) is 0 Å². The molecule has 4 rings (SSSR count). The number of hydrogen-bond acceptors (Lipinski definition) is 1. The summed E-state index contributed by atoms with van der Waals surface area (Å²) in [5, 5.41) is 4.58. The standard InChI is InChI=1S/C19H25N2Si.CH3.2ClH.Ti/c1-14-20-12-13-21(14)22(2,3)19-17-10-6-4-8-15(17)16-9-5-7-11-18(16)19;;;;/h4-19H,1-3H3;1H3;2*1H;/q2*-1;;;+2/p-2/t14-,15?,16?,17?,18?,19?;;;;/m0..../s1. The van der Waals surface area contributed by atoms with Gasteiger partial charge in [-0.15, -0.1) is 0 Å². The molecule has 0 radical (unpaired) electrons. The van der Waals surface area contributed by atoms with Gasteiger partial charge in [-0.25, -0.2) is 0 Å². The van der Waals surface area contributed by atoms with Gasteiger partial charge in [-0.2, -0.15) is 6.20 Å². The van der Waals surface area contributed by atoms with E-state index < -0.39 is 25.3 Å². The second-order valence-corrected chi connectivity index (χ2v) is 14.7. The average Bonchev–Trinajstić information content (AvgIpc) is 3.17. The molecule has 5 atom stereocenters. The molecule has 0 saturated heterocycles. The normalized spacial score (nSPS) is 35.8. The predicted octanol–water partition coefficient (Wildman–Crippen LogP) is 6.63. The molecule has 0 aromatic heterocycles. The van der Waals surface area contributed by atoms with E-state index in [0.717, 1.165) is 5.54 Å². The fraction of sp³-hybridized carbons (Fsp3) is 0.450. The summed E-state index contributed by atoms with van der Waals surface area (Å²) in [4.78, 5) is 0. The Hall–Kier alpha value is -0.189. The predicted molar refractivity (Wildman–Crippen MR) is 114 cm³/mol. The van der Waals surface area contributed by atoms with Crippen LogP contribution in [-0.4, -0.2) is 19.0 Å². The molecule has 1 fully saturated rings. The molecule has 0 spiro atoms. The van der Waals surface area contributed by atoms with Gasteiger partial charge in [0, 0.05) is 0 Å². The van der Waals surface area contributed by atoms with Gasteiger partial charge in [-0.3, -0.25) is 0 Å². The average molecular weight is 443 g/mol. The van der Waals surface area contributed by atoms with E-state index >= 15 is 0 Å². The van der Waals surface area contributed by atoms with Crippen LogP contribution in [0.4, 0.5) is 0 Å². The number of allylic oxidation sites excluding steroid dienone is 8. The third-order valence-corrected chi connectivity index (χ3v) is 10.4. The molecule has 0 N–H and O–H groups in total. The van der Waals surface area contributed by atoms with Crippen molar-refractivity contribution in [1.29, 1.82) is 0 Å². The number of nitrogens with zero attached hydrogens (tertiary/aromatic N) is 2. The molecule has 1 aliphatic heterocycles. The van der Waals surface area contributed by atoms with Crippen LogP contribution in [0.25, 0.3) is 5.32 Å². The van der Waals surface area contributed by atoms with Gasteiger partial charge in [0.15, 0.2) is 8.24 Å². The van der Waals surface area contributed by atoms with Crippen molar-refractivity contribution in [3.63, 3.8) is 0 Å². The summed E-state index contributed by atoms with van der Waals surface area (Å²) in [6.07, 6.45) is 23.4. The van der Waals surface area contributed by atoms with Crippen molar-refractivity contribution in [1.82, 2.24) is 4.57 Å². The molecular formula is C20H28Cl2N2SiTi-2. The molecule has 3 aliphatic carbocycles. The zero-order valence-electron chi connectivity index (χ0n) is 15.9. The summed E-state index contributed by atoms with van der Waals surface area (Å²) in [5.41, 5.74) is 0.741. The quantitative estimate of drug-likeness (QED) is 0.346. The summed E-state index contributed by atoms with van der Waals surface area (Å²) in [6, 6.07) is 0. The first-order valence-electron chi connectivity index (χ1n) is 8.83. The van der Waals surface area contributed by atoms with E-state index in [9.17, 15) is 0 Å². The number of hydrogen-bond donors (Lipinski definition) is 0. The van der Waals surface area contributed by atoms with E-state index in [1.165, 1.54) is 0 Å². The number of fused-ring (bicyclic) bond motifs is 3. The van der Waals surface area contributed by atoms with Crippen LogP contribution in [0.15, 0.2) is 61.0 Å². The number of rotatable bonds is 2. The monoisotopic (exact) mass is 442 g/mol. The summed E-state index contributed by atoms with van der Waals surface area (Å²) in [5.74, 6) is 2.70. The molecule has 6 heteroatoms. The van der Waals surface area contributed by atoms with Gasteiger partial charge >= 0.3 is 35.6 Å². The van der Waals surface area contributed by atoms with Gasteiger partial charge in [-0.05, 0) is 35.4 Å². The maximum atomic E-state index is 4.89. The molecule has 4 aliphatic rings.